The second kappa shape index (κ2) is 9.24. The summed E-state index contributed by atoms with van der Waals surface area (Å²) in [6.07, 6.45) is 2.46. The van der Waals surface area contributed by atoms with Crippen molar-refractivity contribution in [2.75, 3.05) is 19.6 Å². The van der Waals surface area contributed by atoms with Gasteiger partial charge in [-0.2, -0.15) is 0 Å². The zero-order chi connectivity index (χ0) is 20.8. The number of ether oxygens (including phenoxy) is 1. The first-order valence-electron chi connectivity index (χ1n) is 9.52. The number of nitrogens with zero attached hydrogens (tertiary/aromatic N) is 1. The van der Waals surface area contributed by atoms with Crippen molar-refractivity contribution >= 4 is 17.9 Å². The van der Waals surface area contributed by atoms with Gasteiger partial charge < -0.3 is 20.3 Å². The molecule has 0 aromatic carbocycles. The third kappa shape index (κ3) is 8.93. The number of piperidine rings is 1. The molecule has 1 aliphatic rings. The van der Waals surface area contributed by atoms with E-state index in [0.29, 0.717) is 25.9 Å². The first kappa shape index (κ1) is 23.0. The van der Waals surface area contributed by atoms with Crippen molar-refractivity contribution in [1.29, 1.82) is 0 Å². The molecule has 2 N–H and O–H groups in total. The van der Waals surface area contributed by atoms with E-state index in [0.717, 1.165) is 5.57 Å². The van der Waals surface area contributed by atoms with Crippen LogP contribution in [0.25, 0.3) is 0 Å². The van der Waals surface area contributed by atoms with Crippen LogP contribution in [-0.2, 0) is 14.3 Å². The Morgan fingerprint density at radius 1 is 1.07 bits per heavy atom. The summed E-state index contributed by atoms with van der Waals surface area (Å²) < 4.78 is 5.12. The molecule has 7 heteroatoms. The van der Waals surface area contributed by atoms with Crippen molar-refractivity contribution in [3.8, 4) is 0 Å². The van der Waals surface area contributed by atoms with Gasteiger partial charge in [-0.25, -0.2) is 4.79 Å². The quantitative estimate of drug-likeness (QED) is 0.733. The second-order valence-corrected chi connectivity index (χ2v) is 9.10. The van der Waals surface area contributed by atoms with Gasteiger partial charge in [0, 0.05) is 25.2 Å². The maximum absolute atomic E-state index is 12.2. The van der Waals surface area contributed by atoms with E-state index >= 15 is 0 Å². The molecule has 1 aliphatic heterocycles. The summed E-state index contributed by atoms with van der Waals surface area (Å²) in [5.41, 5.74) is 0.401. The van der Waals surface area contributed by atoms with E-state index in [9.17, 15) is 14.4 Å². The van der Waals surface area contributed by atoms with Crippen LogP contribution in [0.4, 0.5) is 4.79 Å². The molecule has 1 rings (SSSR count). The number of hydrogen-bond acceptors (Lipinski definition) is 4. The van der Waals surface area contributed by atoms with Gasteiger partial charge in [-0.15, -0.1) is 0 Å². The molecule has 1 heterocycles. The molecule has 0 bridgehead atoms. The van der Waals surface area contributed by atoms with Crippen molar-refractivity contribution < 1.29 is 19.1 Å². The van der Waals surface area contributed by atoms with Crippen molar-refractivity contribution in [2.24, 2.45) is 5.41 Å². The Labute approximate surface area is 162 Å². The maximum Gasteiger partial charge on any atom is 0.408 e. The molecular weight excluding hydrogens is 346 g/mol. The number of amides is 3. The molecule has 0 aromatic rings. The lowest BCUT2D eigenvalue weighted by molar-refractivity contribution is -0.131. The van der Waals surface area contributed by atoms with E-state index in [1.807, 2.05) is 6.92 Å². The Morgan fingerprint density at radius 3 is 2.11 bits per heavy atom. The number of nitrogens with one attached hydrogen (secondary N) is 2. The van der Waals surface area contributed by atoms with Gasteiger partial charge in [-0.1, -0.05) is 26.3 Å². The van der Waals surface area contributed by atoms with Crippen LogP contribution in [0.3, 0.4) is 0 Å². The highest BCUT2D eigenvalue weighted by Gasteiger charge is 2.25. The van der Waals surface area contributed by atoms with Gasteiger partial charge in [0.2, 0.25) is 11.8 Å². The van der Waals surface area contributed by atoms with Crippen LogP contribution in [0.15, 0.2) is 11.6 Å². The Kier molecular flexibility index (Phi) is 7.87. The van der Waals surface area contributed by atoms with Crippen molar-refractivity contribution in [2.45, 2.75) is 73.0 Å². The maximum atomic E-state index is 12.2. The topological polar surface area (TPSA) is 87.7 Å². The number of alkyl carbamates (subject to hydrolysis) is 1. The fraction of sp³-hybridized carbons (Fsp3) is 0.750. The number of likely N-dealkylation sites (tertiary alicyclic amines) is 1. The molecule has 0 unspecified atom stereocenters. The van der Waals surface area contributed by atoms with Gasteiger partial charge in [0.1, 0.15) is 12.1 Å². The van der Waals surface area contributed by atoms with Crippen molar-refractivity contribution in [3.63, 3.8) is 0 Å². The first-order valence-corrected chi connectivity index (χ1v) is 9.52. The number of allylic oxidation sites excluding steroid dienone is 1. The lowest BCUT2D eigenvalue weighted by atomic mass is 9.87. The predicted octanol–water partition coefficient (Wildman–Crippen LogP) is 2.61. The number of carbonyl (C=O) groups is 3. The van der Waals surface area contributed by atoms with Crippen LogP contribution in [0.2, 0.25) is 0 Å². The molecule has 1 fully saturated rings. The number of hydrogen-bond donors (Lipinski definition) is 2. The van der Waals surface area contributed by atoms with E-state index in [-0.39, 0.29) is 29.8 Å². The highest BCUT2D eigenvalue weighted by atomic mass is 16.6. The molecule has 0 aromatic heterocycles. The van der Waals surface area contributed by atoms with Crippen LogP contribution in [-0.4, -0.2) is 54.1 Å². The number of rotatable bonds is 4. The largest absolute Gasteiger partial charge is 0.444 e. The van der Waals surface area contributed by atoms with E-state index in [2.05, 4.69) is 31.4 Å². The first-order chi connectivity index (χ1) is 12.3. The molecule has 0 spiro atoms. The molecule has 0 radical (unpaired) electrons. The molecule has 0 aliphatic carbocycles. The molecule has 1 saturated heterocycles. The summed E-state index contributed by atoms with van der Waals surface area (Å²) >= 11 is 0. The average Bonchev–Trinajstić information content (AvgIpc) is 2.50. The Balaban J connectivity index is 2.38. The third-order valence-electron chi connectivity index (χ3n) is 4.51. The van der Waals surface area contributed by atoms with Gasteiger partial charge in [0.15, 0.2) is 0 Å². The smallest absolute Gasteiger partial charge is 0.408 e. The fourth-order valence-corrected chi connectivity index (χ4v) is 2.50. The zero-order valence-corrected chi connectivity index (χ0v) is 17.8. The van der Waals surface area contributed by atoms with E-state index in [1.54, 1.807) is 31.7 Å². The van der Waals surface area contributed by atoms with Gasteiger partial charge in [0.05, 0.1) is 0 Å². The lowest BCUT2D eigenvalue weighted by Gasteiger charge is -2.32. The van der Waals surface area contributed by atoms with E-state index < -0.39 is 11.7 Å². The fourth-order valence-electron chi connectivity index (χ4n) is 2.50. The summed E-state index contributed by atoms with van der Waals surface area (Å²) in [5.74, 6) is -0.229. The molecular formula is C20H35N3O4. The normalized spacial score (nSPS) is 16.7. The molecule has 27 heavy (non-hydrogen) atoms. The van der Waals surface area contributed by atoms with Crippen molar-refractivity contribution in [3.05, 3.63) is 11.6 Å². The monoisotopic (exact) mass is 381 g/mol. The lowest BCUT2D eigenvalue weighted by Crippen LogP contribution is -2.49. The summed E-state index contributed by atoms with van der Waals surface area (Å²) in [6.45, 7) is 14.5. The van der Waals surface area contributed by atoms with Crippen molar-refractivity contribution in [1.82, 2.24) is 15.5 Å². The highest BCUT2D eigenvalue weighted by molar-refractivity contribution is 5.88. The predicted molar refractivity (Wildman–Crippen MR) is 105 cm³/mol. The molecule has 3 amide bonds. The van der Waals surface area contributed by atoms with Crippen LogP contribution in [0, 0.1) is 5.41 Å². The summed E-state index contributed by atoms with van der Waals surface area (Å²) in [6, 6.07) is 0.0596. The average molecular weight is 382 g/mol. The Morgan fingerprint density at radius 2 is 1.63 bits per heavy atom. The van der Waals surface area contributed by atoms with Gasteiger partial charge >= 0.3 is 6.09 Å². The van der Waals surface area contributed by atoms with E-state index in [4.69, 9.17) is 4.74 Å². The number of carbonyl (C=O) groups excluding carboxylic acids is 3. The van der Waals surface area contributed by atoms with Crippen LogP contribution in [0.1, 0.15) is 61.3 Å². The van der Waals surface area contributed by atoms with Crippen LogP contribution >= 0.6 is 0 Å². The summed E-state index contributed by atoms with van der Waals surface area (Å²) in [7, 11) is 0. The summed E-state index contributed by atoms with van der Waals surface area (Å²) in [4.78, 5) is 37.7. The standard InChI is InChI=1S/C20H35N3O4/c1-14(19(2,3)4)12-16(24)22-15-8-10-23(11-9-15)17(25)13-21-18(26)27-20(5,6)7/h12,15H,8-11,13H2,1-7H3,(H,21,26)(H,22,24)/b14-12+. The molecule has 7 nitrogen and oxygen atoms in total. The minimum Gasteiger partial charge on any atom is -0.444 e. The molecule has 0 atom stereocenters. The Bertz CT molecular complexity index is 577. The van der Waals surface area contributed by atoms with Gasteiger partial charge in [-0.05, 0) is 46.0 Å². The minimum absolute atomic E-state index is 0.0335. The molecule has 0 saturated carbocycles. The Hall–Kier alpha value is -2.05. The third-order valence-corrected chi connectivity index (χ3v) is 4.51. The van der Waals surface area contributed by atoms with Gasteiger partial charge in [0.25, 0.3) is 0 Å². The SMILES string of the molecule is C/C(=C\C(=O)NC1CCN(C(=O)CNC(=O)OC(C)(C)C)CC1)C(C)(C)C. The second-order valence-electron chi connectivity index (χ2n) is 9.10. The zero-order valence-electron chi connectivity index (χ0n) is 17.8. The minimum atomic E-state index is -0.598. The molecule has 154 valence electrons. The van der Waals surface area contributed by atoms with Gasteiger partial charge in [-0.3, -0.25) is 9.59 Å². The van der Waals surface area contributed by atoms with Crippen LogP contribution in [0.5, 0.6) is 0 Å². The highest BCUT2D eigenvalue weighted by Crippen LogP contribution is 2.24. The van der Waals surface area contributed by atoms with E-state index in [1.165, 1.54) is 0 Å². The van der Waals surface area contributed by atoms with Crippen LogP contribution < -0.4 is 10.6 Å². The summed E-state index contributed by atoms with van der Waals surface area (Å²) in [5, 5.41) is 5.50.